The second kappa shape index (κ2) is 8.84. The predicted molar refractivity (Wildman–Crippen MR) is 77.8 cm³/mol. The molecule has 0 aromatic heterocycles. The quantitative estimate of drug-likeness (QED) is 0.385. The van der Waals surface area contributed by atoms with Gasteiger partial charge in [-0.15, -0.1) is 11.6 Å². The molecule has 0 bridgehead atoms. The third-order valence-electron chi connectivity index (χ3n) is 2.93. The van der Waals surface area contributed by atoms with Crippen LogP contribution in [0, 0.1) is 0 Å². The fourth-order valence-electron chi connectivity index (χ4n) is 2.24. The van der Waals surface area contributed by atoms with Gasteiger partial charge >= 0.3 is 23.9 Å². The van der Waals surface area contributed by atoms with Gasteiger partial charge in [0.15, 0.2) is 12.2 Å². The Balaban J connectivity index is 3.23. The fourth-order valence-corrected chi connectivity index (χ4v) is 2.49. The maximum absolute atomic E-state index is 11.4. The minimum absolute atomic E-state index is 0.153. The molecule has 0 saturated carbocycles. The molecule has 136 valence electrons. The Kier molecular flexibility index (Phi) is 7.43. The van der Waals surface area contributed by atoms with Crippen LogP contribution in [-0.4, -0.2) is 60.5 Å². The Labute approximate surface area is 143 Å². The van der Waals surface area contributed by atoms with Crippen molar-refractivity contribution >= 4 is 35.5 Å². The summed E-state index contributed by atoms with van der Waals surface area (Å²) in [7, 11) is 0. The Bertz CT molecular complexity index is 506. The third-order valence-corrected chi connectivity index (χ3v) is 3.24. The molecule has 0 aromatic rings. The number of hydrogen-bond donors (Lipinski definition) is 0. The van der Waals surface area contributed by atoms with Crippen molar-refractivity contribution in [1.82, 2.24) is 0 Å². The fraction of sp³-hybridized carbons (Fsp3) is 0.714. The van der Waals surface area contributed by atoms with E-state index in [4.69, 9.17) is 35.3 Å². The average molecular weight is 367 g/mol. The first-order chi connectivity index (χ1) is 11.1. The van der Waals surface area contributed by atoms with Crippen molar-refractivity contribution in [3.8, 4) is 0 Å². The van der Waals surface area contributed by atoms with Gasteiger partial charge in [0, 0.05) is 27.7 Å². The Morgan fingerprint density at radius 1 is 0.750 bits per heavy atom. The normalized spacial score (nSPS) is 29.3. The third kappa shape index (κ3) is 5.64. The number of ether oxygens (including phenoxy) is 5. The van der Waals surface area contributed by atoms with Crippen LogP contribution in [0.5, 0.6) is 0 Å². The number of carbonyl (C=O) groups is 4. The summed E-state index contributed by atoms with van der Waals surface area (Å²) in [5, 5.41) is 0. The highest BCUT2D eigenvalue weighted by molar-refractivity contribution is 6.18. The van der Waals surface area contributed by atoms with Crippen LogP contribution in [0.25, 0.3) is 0 Å². The molecule has 0 N–H and O–H groups in total. The molecule has 0 radical (unpaired) electrons. The number of hydrogen-bond acceptors (Lipinski definition) is 9. The van der Waals surface area contributed by atoms with Gasteiger partial charge in [0.2, 0.25) is 12.4 Å². The lowest BCUT2D eigenvalue weighted by molar-refractivity contribution is -0.292. The minimum Gasteiger partial charge on any atom is -0.456 e. The van der Waals surface area contributed by atoms with E-state index < -0.39 is 54.6 Å². The van der Waals surface area contributed by atoms with Gasteiger partial charge in [-0.05, 0) is 0 Å². The molecule has 1 rings (SSSR count). The monoisotopic (exact) mass is 366 g/mol. The van der Waals surface area contributed by atoms with Gasteiger partial charge in [-0.25, -0.2) is 0 Å². The molecule has 1 heterocycles. The summed E-state index contributed by atoms with van der Waals surface area (Å²) in [6.45, 7) is 4.52. The maximum atomic E-state index is 11.4. The summed E-state index contributed by atoms with van der Waals surface area (Å²) in [5.74, 6) is -2.99. The van der Waals surface area contributed by atoms with Crippen molar-refractivity contribution < 1.29 is 42.9 Å². The first kappa shape index (κ1) is 20.2. The zero-order valence-electron chi connectivity index (χ0n) is 13.6. The van der Waals surface area contributed by atoms with Crippen molar-refractivity contribution in [2.45, 2.75) is 58.4 Å². The molecule has 24 heavy (non-hydrogen) atoms. The number of esters is 4. The van der Waals surface area contributed by atoms with Crippen molar-refractivity contribution in [2.24, 2.45) is 0 Å². The van der Waals surface area contributed by atoms with Crippen molar-refractivity contribution in [3.05, 3.63) is 0 Å². The molecule has 0 unspecified atom stereocenters. The van der Waals surface area contributed by atoms with Gasteiger partial charge in [-0.1, -0.05) is 0 Å². The van der Waals surface area contributed by atoms with Crippen molar-refractivity contribution in [3.63, 3.8) is 0 Å². The van der Waals surface area contributed by atoms with E-state index in [1.54, 1.807) is 0 Å². The van der Waals surface area contributed by atoms with Crippen LogP contribution in [0.3, 0.4) is 0 Å². The molecular formula is C14H19ClO9. The molecule has 1 fully saturated rings. The highest BCUT2D eigenvalue weighted by Crippen LogP contribution is 2.30. The smallest absolute Gasteiger partial charge is 0.305 e. The summed E-state index contributed by atoms with van der Waals surface area (Å²) >= 11 is 5.81. The molecule has 9 nitrogen and oxygen atoms in total. The first-order valence-corrected chi connectivity index (χ1v) is 7.59. The van der Waals surface area contributed by atoms with Crippen LogP contribution in [0.15, 0.2) is 0 Å². The molecule has 1 aliphatic heterocycles. The summed E-state index contributed by atoms with van der Waals surface area (Å²) < 4.78 is 25.8. The largest absolute Gasteiger partial charge is 0.456 e. The summed E-state index contributed by atoms with van der Waals surface area (Å²) in [6, 6.07) is 0. The zero-order valence-corrected chi connectivity index (χ0v) is 14.4. The standard InChI is InChI=1S/C14H19ClO9/c1-6(16)20-11-10(5-15)24-14(23-9(4)19)13(22-8(3)18)12(11)21-7(2)17/h10-14H,5H2,1-4H3/t10-,11+,12+,13-,14+/m1/s1. The van der Waals surface area contributed by atoms with E-state index in [1.807, 2.05) is 0 Å². The minimum atomic E-state index is -1.37. The molecular weight excluding hydrogens is 348 g/mol. The van der Waals surface area contributed by atoms with E-state index in [9.17, 15) is 19.2 Å². The maximum Gasteiger partial charge on any atom is 0.305 e. The molecule has 0 aromatic carbocycles. The summed E-state index contributed by atoms with van der Waals surface area (Å²) in [4.78, 5) is 45.4. The average Bonchev–Trinajstić information content (AvgIpc) is 2.42. The Morgan fingerprint density at radius 3 is 1.58 bits per heavy atom. The van der Waals surface area contributed by atoms with E-state index in [0.29, 0.717) is 0 Å². The van der Waals surface area contributed by atoms with Gasteiger partial charge < -0.3 is 23.7 Å². The van der Waals surface area contributed by atoms with Gasteiger partial charge in [0.05, 0.1) is 5.88 Å². The Morgan fingerprint density at radius 2 is 1.17 bits per heavy atom. The lowest BCUT2D eigenvalue weighted by atomic mass is 9.98. The van der Waals surface area contributed by atoms with Crippen molar-refractivity contribution in [1.29, 1.82) is 0 Å². The van der Waals surface area contributed by atoms with Crippen LogP contribution in [0.1, 0.15) is 27.7 Å². The zero-order chi connectivity index (χ0) is 18.4. The number of alkyl halides is 1. The SMILES string of the molecule is CC(=O)O[C@H]1O[C@H](CCl)[C@H](OC(C)=O)[C@H](OC(C)=O)[C@H]1OC(C)=O. The van der Waals surface area contributed by atoms with E-state index in [2.05, 4.69) is 0 Å². The highest BCUT2D eigenvalue weighted by Gasteiger charge is 2.52. The lowest BCUT2D eigenvalue weighted by Gasteiger charge is -2.43. The molecule has 5 atom stereocenters. The van der Waals surface area contributed by atoms with Gasteiger partial charge in [-0.3, -0.25) is 19.2 Å². The van der Waals surface area contributed by atoms with Gasteiger partial charge in [0.1, 0.15) is 6.10 Å². The lowest BCUT2D eigenvalue weighted by Crippen LogP contribution is -2.62. The van der Waals surface area contributed by atoms with Gasteiger partial charge in [-0.2, -0.15) is 0 Å². The molecule has 0 amide bonds. The van der Waals surface area contributed by atoms with E-state index in [0.717, 1.165) is 27.7 Å². The Hall–Kier alpha value is -1.87. The molecule has 1 aliphatic rings. The van der Waals surface area contributed by atoms with E-state index in [-0.39, 0.29) is 5.88 Å². The first-order valence-electron chi connectivity index (χ1n) is 7.06. The number of carbonyl (C=O) groups excluding carboxylic acids is 4. The van der Waals surface area contributed by atoms with Crippen LogP contribution in [-0.2, 0) is 42.9 Å². The second-order valence-corrected chi connectivity index (χ2v) is 5.34. The van der Waals surface area contributed by atoms with Crippen molar-refractivity contribution in [2.75, 3.05) is 5.88 Å². The van der Waals surface area contributed by atoms with Crippen LogP contribution in [0.2, 0.25) is 0 Å². The summed E-state index contributed by atoms with van der Waals surface area (Å²) in [6.07, 6.45) is -6.03. The topological polar surface area (TPSA) is 114 Å². The number of halogens is 1. The molecule has 10 heteroatoms. The predicted octanol–water partition coefficient (Wildman–Crippen LogP) is 0.308. The van der Waals surface area contributed by atoms with Crippen LogP contribution in [0.4, 0.5) is 0 Å². The van der Waals surface area contributed by atoms with E-state index in [1.165, 1.54) is 0 Å². The number of rotatable bonds is 5. The second-order valence-electron chi connectivity index (χ2n) is 5.03. The summed E-state index contributed by atoms with van der Waals surface area (Å²) in [5.41, 5.74) is 0. The molecule has 1 saturated heterocycles. The van der Waals surface area contributed by atoms with E-state index >= 15 is 0 Å². The molecule has 0 aliphatic carbocycles. The van der Waals surface area contributed by atoms with Gasteiger partial charge in [0.25, 0.3) is 0 Å². The highest BCUT2D eigenvalue weighted by atomic mass is 35.5. The van der Waals surface area contributed by atoms with Crippen LogP contribution < -0.4 is 0 Å². The molecule has 0 spiro atoms. The van der Waals surface area contributed by atoms with Crippen LogP contribution >= 0.6 is 11.6 Å².